The highest BCUT2D eigenvalue weighted by molar-refractivity contribution is 14.0. The molecule has 6 nitrogen and oxygen atoms in total. The van der Waals surface area contributed by atoms with Crippen molar-refractivity contribution >= 4 is 29.9 Å². The van der Waals surface area contributed by atoms with Crippen LogP contribution in [0, 0.1) is 0 Å². The fourth-order valence-electron chi connectivity index (χ4n) is 4.34. The summed E-state index contributed by atoms with van der Waals surface area (Å²) in [5.41, 5.74) is 2.53. The third kappa shape index (κ3) is 6.99. The predicted octanol–water partition coefficient (Wildman–Crippen LogP) is 4.18. The van der Waals surface area contributed by atoms with Gasteiger partial charge in [0.1, 0.15) is 13.2 Å². The quantitative estimate of drug-likeness (QED) is 0.313. The van der Waals surface area contributed by atoms with E-state index in [0.29, 0.717) is 19.3 Å². The highest BCUT2D eigenvalue weighted by atomic mass is 127. The minimum absolute atomic E-state index is 0. The van der Waals surface area contributed by atoms with E-state index < -0.39 is 0 Å². The fourth-order valence-corrected chi connectivity index (χ4v) is 4.34. The molecule has 0 bridgehead atoms. The SMILES string of the molecule is CN=C(NCC(C)(C)c1ccc2c(c1)OCCO2)NC1CCN(Cc2ccccc2)CC1.I. The van der Waals surface area contributed by atoms with E-state index in [1.807, 2.05) is 13.1 Å². The van der Waals surface area contributed by atoms with Gasteiger partial charge in [-0.2, -0.15) is 0 Å². The molecule has 0 amide bonds. The molecule has 0 unspecified atom stereocenters. The molecule has 0 spiro atoms. The third-order valence-corrected chi connectivity index (χ3v) is 6.42. The van der Waals surface area contributed by atoms with Crippen molar-refractivity contribution in [3.8, 4) is 11.5 Å². The lowest BCUT2D eigenvalue weighted by Gasteiger charge is -2.34. The number of hydrogen-bond donors (Lipinski definition) is 2. The number of guanidine groups is 1. The number of hydrogen-bond acceptors (Lipinski definition) is 4. The Morgan fingerprint density at radius 2 is 1.73 bits per heavy atom. The molecule has 0 aromatic heterocycles. The number of rotatable bonds is 6. The molecule has 2 N–H and O–H groups in total. The first-order chi connectivity index (χ1) is 15.5. The van der Waals surface area contributed by atoms with Crippen molar-refractivity contribution in [1.29, 1.82) is 0 Å². The molecule has 4 rings (SSSR count). The summed E-state index contributed by atoms with van der Waals surface area (Å²) >= 11 is 0. The average Bonchev–Trinajstić information content (AvgIpc) is 2.83. The van der Waals surface area contributed by atoms with Crippen molar-refractivity contribution in [3.05, 3.63) is 59.7 Å². The summed E-state index contributed by atoms with van der Waals surface area (Å²) in [7, 11) is 1.84. The molecule has 33 heavy (non-hydrogen) atoms. The first-order valence-electron chi connectivity index (χ1n) is 11.7. The second-order valence-electron chi connectivity index (χ2n) is 9.35. The predicted molar refractivity (Wildman–Crippen MR) is 145 cm³/mol. The molecule has 0 radical (unpaired) electrons. The van der Waals surface area contributed by atoms with Gasteiger partial charge in [0.25, 0.3) is 0 Å². The first kappa shape index (κ1) is 25.6. The number of likely N-dealkylation sites (tertiary alicyclic amines) is 1. The Hall–Kier alpha value is -2.00. The van der Waals surface area contributed by atoms with Gasteiger partial charge in [0, 0.05) is 44.7 Å². The summed E-state index contributed by atoms with van der Waals surface area (Å²) < 4.78 is 11.4. The van der Waals surface area contributed by atoms with Crippen molar-refractivity contribution in [2.45, 2.75) is 44.7 Å². The van der Waals surface area contributed by atoms with Crippen LogP contribution in [0.3, 0.4) is 0 Å². The van der Waals surface area contributed by atoms with Gasteiger partial charge >= 0.3 is 0 Å². The number of halogens is 1. The molecule has 1 fully saturated rings. The average molecular weight is 565 g/mol. The number of nitrogens with zero attached hydrogens (tertiary/aromatic N) is 2. The Labute approximate surface area is 215 Å². The second-order valence-corrected chi connectivity index (χ2v) is 9.35. The van der Waals surface area contributed by atoms with Crippen LogP contribution in [-0.2, 0) is 12.0 Å². The molecule has 1 saturated heterocycles. The van der Waals surface area contributed by atoms with Gasteiger partial charge in [0.05, 0.1) is 0 Å². The summed E-state index contributed by atoms with van der Waals surface area (Å²) in [5.74, 6) is 2.54. The van der Waals surface area contributed by atoms with Crippen LogP contribution in [0.1, 0.15) is 37.8 Å². The Kier molecular flexibility index (Phi) is 9.26. The topological polar surface area (TPSA) is 58.1 Å². The third-order valence-electron chi connectivity index (χ3n) is 6.42. The van der Waals surface area contributed by atoms with Crippen molar-refractivity contribution in [1.82, 2.24) is 15.5 Å². The van der Waals surface area contributed by atoms with Gasteiger partial charge in [-0.05, 0) is 36.1 Å². The number of nitrogens with one attached hydrogen (secondary N) is 2. The van der Waals surface area contributed by atoms with Crippen molar-refractivity contribution in [3.63, 3.8) is 0 Å². The minimum atomic E-state index is -0.0769. The Bertz CT molecular complexity index is 912. The van der Waals surface area contributed by atoms with E-state index >= 15 is 0 Å². The van der Waals surface area contributed by atoms with Gasteiger partial charge in [-0.3, -0.25) is 9.89 Å². The van der Waals surface area contributed by atoms with E-state index in [1.54, 1.807) is 0 Å². The Morgan fingerprint density at radius 3 is 2.42 bits per heavy atom. The van der Waals surface area contributed by atoms with Gasteiger partial charge in [-0.15, -0.1) is 24.0 Å². The van der Waals surface area contributed by atoms with Crippen LogP contribution in [0.15, 0.2) is 53.5 Å². The van der Waals surface area contributed by atoms with E-state index in [-0.39, 0.29) is 29.4 Å². The molecule has 0 aliphatic carbocycles. The van der Waals surface area contributed by atoms with Crippen molar-refractivity contribution < 1.29 is 9.47 Å². The highest BCUT2D eigenvalue weighted by Gasteiger charge is 2.25. The summed E-state index contributed by atoms with van der Waals surface area (Å²) in [6.07, 6.45) is 2.25. The number of benzene rings is 2. The monoisotopic (exact) mass is 564 g/mol. The summed E-state index contributed by atoms with van der Waals surface area (Å²) in [6.45, 7) is 9.71. The second kappa shape index (κ2) is 11.9. The zero-order valence-corrected chi connectivity index (χ0v) is 22.3. The van der Waals surface area contributed by atoms with Crippen molar-refractivity contribution in [2.24, 2.45) is 4.99 Å². The van der Waals surface area contributed by atoms with E-state index in [0.717, 1.165) is 56.5 Å². The molecule has 7 heteroatoms. The minimum Gasteiger partial charge on any atom is -0.486 e. The lowest BCUT2D eigenvalue weighted by molar-refractivity contribution is 0.171. The van der Waals surface area contributed by atoms with Gasteiger partial charge in [0.15, 0.2) is 17.5 Å². The molecule has 2 aromatic rings. The molecule has 2 heterocycles. The summed E-state index contributed by atoms with van der Waals surface area (Å²) in [5, 5.41) is 7.17. The highest BCUT2D eigenvalue weighted by Crippen LogP contribution is 2.34. The molecule has 0 saturated carbocycles. The number of aliphatic imine (C=N–C) groups is 1. The van der Waals surface area contributed by atoms with Crippen LogP contribution < -0.4 is 20.1 Å². The molecular formula is C26H37IN4O2. The standard InChI is InChI=1S/C26H36N4O2.HI/c1-26(2,21-9-10-23-24(17-21)32-16-15-31-23)19-28-25(27-3)29-22-11-13-30(14-12-22)18-20-7-5-4-6-8-20;/h4-10,17,22H,11-16,18-19H2,1-3H3,(H2,27,28,29);1H. The smallest absolute Gasteiger partial charge is 0.191 e. The number of piperidine rings is 1. The first-order valence-corrected chi connectivity index (χ1v) is 11.7. The molecule has 2 aromatic carbocycles. The molecule has 0 atom stereocenters. The van der Waals surface area contributed by atoms with E-state index in [1.165, 1.54) is 11.1 Å². The zero-order chi connectivity index (χ0) is 22.4. The molecule has 2 aliphatic heterocycles. The fraction of sp³-hybridized carbons (Fsp3) is 0.500. The van der Waals surface area contributed by atoms with Crippen LogP contribution >= 0.6 is 24.0 Å². The van der Waals surface area contributed by atoms with Crippen LogP contribution in [0.2, 0.25) is 0 Å². The van der Waals surface area contributed by atoms with E-state index in [9.17, 15) is 0 Å². The Balaban J connectivity index is 0.00000306. The number of ether oxygens (including phenoxy) is 2. The molecule has 180 valence electrons. The number of fused-ring (bicyclic) bond motifs is 1. The van der Waals surface area contributed by atoms with Gasteiger partial charge in [-0.25, -0.2) is 0 Å². The normalized spacial score (nSPS) is 17.2. The van der Waals surface area contributed by atoms with Crippen LogP contribution in [0.4, 0.5) is 0 Å². The maximum absolute atomic E-state index is 5.77. The van der Waals surface area contributed by atoms with Gasteiger partial charge < -0.3 is 20.1 Å². The molecular weight excluding hydrogens is 527 g/mol. The summed E-state index contributed by atoms with van der Waals surface area (Å²) in [4.78, 5) is 7.01. The van der Waals surface area contributed by atoms with Crippen LogP contribution in [0.5, 0.6) is 11.5 Å². The van der Waals surface area contributed by atoms with Crippen LogP contribution in [0.25, 0.3) is 0 Å². The van der Waals surface area contributed by atoms with Gasteiger partial charge in [-0.1, -0.05) is 50.2 Å². The largest absolute Gasteiger partial charge is 0.486 e. The van der Waals surface area contributed by atoms with Crippen LogP contribution in [-0.4, -0.2) is 56.8 Å². The zero-order valence-electron chi connectivity index (χ0n) is 20.0. The maximum atomic E-state index is 5.77. The van der Waals surface area contributed by atoms with Crippen molar-refractivity contribution in [2.75, 3.05) is 39.9 Å². The lowest BCUT2D eigenvalue weighted by atomic mass is 9.84. The van der Waals surface area contributed by atoms with E-state index in [2.05, 4.69) is 76.8 Å². The Morgan fingerprint density at radius 1 is 1.03 bits per heavy atom. The van der Waals surface area contributed by atoms with E-state index in [4.69, 9.17) is 9.47 Å². The maximum Gasteiger partial charge on any atom is 0.191 e. The lowest BCUT2D eigenvalue weighted by Crippen LogP contribution is -2.50. The molecule has 2 aliphatic rings. The van der Waals surface area contributed by atoms with Gasteiger partial charge in [0.2, 0.25) is 0 Å². The summed E-state index contributed by atoms with van der Waals surface area (Å²) in [6, 6.07) is 17.4.